The van der Waals surface area contributed by atoms with E-state index in [0.717, 1.165) is 22.3 Å². The summed E-state index contributed by atoms with van der Waals surface area (Å²) >= 11 is 4.85. The highest BCUT2D eigenvalue weighted by Crippen LogP contribution is 2.37. The van der Waals surface area contributed by atoms with Crippen LogP contribution < -0.4 is 9.47 Å². The van der Waals surface area contributed by atoms with Gasteiger partial charge in [0.05, 0.1) is 20.8 Å². The minimum absolute atomic E-state index is 0.117. The molecule has 1 amide bonds. The van der Waals surface area contributed by atoms with Gasteiger partial charge in [0, 0.05) is 22.3 Å². The number of hydrogen-bond acceptors (Lipinski definition) is 4. The van der Waals surface area contributed by atoms with E-state index >= 15 is 0 Å². The largest absolute Gasteiger partial charge is 0.493 e. The average molecular weight is 332 g/mol. The van der Waals surface area contributed by atoms with Crippen LogP contribution in [0.5, 0.6) is 11.5 Å². The first-order valence-corrected chi connectivity index (χ1v) is 7.26. The summed E-state index contributed by atoms with van der Waals surface area (Å²) in [4.78, 5) is 13.5. The smallest absolute Gasteiger partial charge is 0.282 e. The van der Waals surface area contributed by atoms with Gasteiger partial charge >= 0.3 is 0 Å². The van der Waals surface area contributed by atoms with Crippen molar-refractivity contribution in [3.05, 3.63) is 22.2 Å². The van der Waals surface area contributed by atoms with Crippen LogP contribution in [0, 0.1) is 0 Å². The normalized spacial score (nSPS) is 15.1. The number of halogens is 1. The van der Waals surface area contributed by atoms with Gasteiger partial charge < -0.3 is 14.4 Å². The van der Waals surface area contributed by atoms with Gasteiger partial charge in [-0.2, -0.15) is 0 Å². The van der Waals surface area contributed by atoms with Crippen molar-refractivity contribution >= 4 is 32.9 Å². The van der Waals surface area contributed by atoms with Crippen LogP contribution in [0.2, 0.25) is 0 Å². The number of carbonyl (C=O) groups excluding carboxylic acids is 1. The van der Waals surface area contributed by atoms with E-state index in [4.69, 9.17) is 9.47 Å². The predicted molar refractivity (Wildman–Crippen MR) is 75.5 cm³/mol. The van der Waals surface area contributed by atoms with Gasteiger partial charge in [0.25, 0.3) is 5.24 Å². The minimum Gasteiger partial charge on any atom is -0.493 e. The molecule has 0 aromatic heterocycles. The van der Waals surface area contributed by atoms with Crippen molar-refractivity contribution in [3.8, 4) is 11.5 Å². The predicted octanol–water partition coefficient (Wildman–Crippen LogP) is 3.14. The van der Waals surface area contributed by atoms with Crippen LogP contribution in [0.1, 0.15) is 5.56 Å². The average Bonchev–Trinajstić information content (AvgIpc) is 2.77. The van der Waals surface area contributed by atoms with Gasteiger partial charge in [-0.25, -0.2) is 0 Å². The SMILES string of the molecule is COc1ccc(Br)c(CN2CCSC2=O)c1OC. The maximum atomic E-state index is 11.6. The highest BCUT2D eigenvalue weighted by Gasteiger charge is 2.24. The van der Waals surface area contributed by atoms with Crippen LogP contribution >= 0.6 is 27.7 Å². The molecule has 1 aliphatic rings. The second-order valence-corrected chi connectivity index (χ2v) is 5.70. The molecule has 1 aromatic carbocycles. The van der Waals surface area contributed by atoms with Crippen LogP contribution in [0.4, 0.5) is 4.79 Å². The van der Waals surface area contributed by atoms with Crippen molar-refractivity contribution < 1.29 is 14.3 Å². The molecule has 0 saturated carbocycles. The summed E-state index contributed by atoms with van der Waals surface area (Å²) < 4.78 is 11.6. The Morgan fingerprint density at radius 1 is 1.39 bits per heavy atom. The molecule has 1 heterocycles. The molecule has 0 atom stereocenters. The fourth-order valence-corrected chi connectivity index (χ4v) is 3.14. The third-order valence-electron chi connectivity index (χ3n) is 2.79. The molecule has 0 unspecified atom stereocenters. The quantitative estimate of drug-likeness (QED) is 0.849. The Kier molecular flexibility index (Phi) is 4.40. The lowest BCUT2D eigenvalue weighted by Gasteiger charge is -2.19. The fourth-order valence-electron chi connectivity index (χ4n) is 1.87. The van der Waals surface area contributed by atoms with E-state index in [-0.39, 0.29) is 5.24 Å². The number of nitrogens with zero attached hydrogens (tertiary/aromatic N) is 1. The molecule has 4 nitrogen and oxygen atoms in total. The van der Waals surface area contributed by atoms with Crippen LogP contribution in [0.25, 0.3) is 0 Å². The van der Waals surface area contributed by atoms with E-state index in [1.54, 1.807) is 14.2 Å². The molecule has 98 valence electrons. The maximum Gasteiger partial charge on any atom is 0.282 e. The van der Waals surface area contributed by atoms with Crippen LogP contribution in [0.15, 0.2) is 16.6 Å². The first-order chi connectivity index (χ1) is 8.67. The number of ether oxygens (including phenoxy) is 2. The molecule has 18 heavy (non-hydrogen) atoms. The Balaban J connectivity index is 2.33. The van der Waals surface area contributed by atoms with Crippen LogP contribution in [-0.2, 0) is 6.54 Å². The Bertz CT molecular complexity index is 467. The second-order valence-electron chi connectivity index (χ2n) is 3.80. The third-order valence-corrected chi connectivity index (χ3v) is 4.42. The van der Waals surface area contributed by atoms with Crippen LogP contribution in [0.3, 0.4) is 0 Å². The lowest BCUT2D eigenvalue weighted by molar-refractivity contribution is 0.226. The van der Waals surface area contributed by atoms with Crippen molar-refractivity contribution in [1.29, 1.82) is 0 Å². The highest BCUT2D eigenvalue weighted by atomic mass is 79.9. The van der Waals surface area contributed by atoms with Gasteiger partial charge in [0.2, 0.25) is 0 Å². The van der Waals surface area contributed by atoms with E-state index in [2.05, 4.69) is 15.9 Å². The summed E-state index contributed by atoms with van der Waals surface area (Å²) in [7, 11) is 3.21. The van der Waals surface area contributed by atoms with Crippen molar-refractivity contribution in [2.24, 2.45) is 0 Å². The molecule has 0 N–H and O–H groups in total. The molecule has 1 fully saturated rings. The number of hydrogen-bond donors (Lipinski definition) is 0. The van der Waals surface area contributed by atoms with Crippen molar-refractivity contribution in [2.75, 3.05) is 26.5 Å². The number of thioether (sulfide) groups is 1. The first-order valence-electron chi connectivity index (χ1n) is 5.48. The number of carbonyl (C=O) groups is 1. The molecule has 0 aliphatic carbocycles. The van der Waals surface area contributed by atoms with Crippen molar-refractivity contribution in [2.45, 2.75) is 6.54 Å². The Morgan fingerprint density at radius 2 is 2.17 bits per heavy atom. The summed E-state index contributed by atoms with van der Waals surface area (Å²) in [6.07, 6.45) is 0. The van der Waals surface area contributed by atoms with E-state index in [1.165, 1.54) is 11.8 Å². The summed E-state index contributed by atoms with van der Waals surface area (Å²) in [5, 5.41) is 0.117. The molecule has 0 radical (unpaired) electrons. The zero-order valence-electron chi connectivity index (χ0n) is 10.2. The zero-order chi connectivity index (χ0) is 13.1. The second kappa shape index (κ2) is 5.84. The molecule has 0 bridgehead atoms. The molecular weight excluding hydrogens is 318 g/mol. The Morgan fingerprint density at radius 3 is 2.72 bits per heavy atom. The molecule has 6 heteroatoms. The minimum atomic E-state index is 0.117. The van der Waals surface area contributed by atoms with Gasteiger partial charge in [-0.05, 0) is 12.1 Å². The van der Waals surface area contributed by atoms with Gasteiger partial charge in [-0.3, -0.25) is 4.79 Å². The first kappa shape index (κ1) is 13.5. The molecular formula is C12H14BrNO3S. The number of benzene rings is 1. The maximum absolute atomic E-state index is 11.6. The molecule has 1 aromatic rings. The van der Waals surface area contributed by atoms with Crippen molar-refractivity contribution in [3.63, 3.8) is 0 Å². The van der Waals surface area contributed by atoms with Crippen LogP contribution in [-0.4, -0.2) is 36.7 Å². The standard InChI is InChI=1S/C12H14BrNO3S/c1-16-10-4-3-9(13)8(11(10)17-2)7-14-5-6-18-12(14)15/h3-4H,5-7H2,1-2H3. The lowest BCUT2D eigenvalue weighted by Crippen LogP contribution is -2.23. The Hall–Kier alpha value is -0.880. The topological polar surface area (TPSA) is 38.8 Å². The van der Waals surface area contributed by atoms with E-state index < -0.39 is 0 Å². The van der Waals surface area contributed by atoms with Crippen molar-refractivity contribution in [1.82, 2.24) is 4.90 Å². The summed E-state index contributed by atoms with van der Waals surface area (Å²) in [5.74, 6) is 2.20. The van der Waals surface area contributed by atoms with E-state index in [0.29, 0.717) is 18.0 Å². The van der Waals surface area contributed by atoms with E-state index in [9.17, 15) is 4.79 Å². The monoisotopic (exact) mass is 331 g/mol. The number of rotatable bonds is 4. The van der Waals surface area contributed by atoms with Gasteiger partial charge in [0.15, 0.2) is 11.5 Å². The van der Waals surface area contributed by atoms with E-state index in [1.807, 2.05) is 17.0 Å². The lowest BCUT2D eigenvalue weighted by atomic mass is 10.1. The molecule has 1 saturated heterocycles. The van der Waals surface area contributed by atoms with Gasteiger partial charge in [-0.15, -0.1) is 0 Å². The fraction of sp³-hybridized carbons (Fsp3) is 0.417. The van der Waals surface area contributed by atoms with Gasteiger partial charge in [-0.1, -0.05) is 27.7 Å². The third kappa shape index (κ3) is 2.59. The highest BCUT2D eigenvalue weighted by molar-refractivity contribution is 9.10. The number of amides is 1. The zero-order valence-corrected chi connectivity index (χ0v) is 12.6. The molecule has 0 spiro atoms. The number of methoxy groups -OCH3 is 2. The van der Waals surface area contributed by atoms with Gasteiger partial charge in [0.1, 0.15) is 0 Å². The summed E-state index contributed by atoms with van der Waals surface area (Å²) in [6.45, 7) is 1.31. The summed E-state index contributed by atoms with van der Waals surface area (Å²) in [6, 6.07) is 3.75. The summed E-state index contributed by atoms with van der Waals surface area (Å²) in [5.41, 5.74) is 0.938. The molecule has 2 rings (SSSR count). The molecule has 1 aliphatic heterocycles. The Labute approximate surface area is 119 Å².